The van der Waals surface area contributed by atoms with Crippen molar-refractivity contribution in [3.63, 3.8) is 0 Å². The van der Waals surface area contributed by atoms with Gasteiger partial charge in [0.05, 0.1) is 0 Å². The van der Waals surface area contributed by atoms with Crippen LogP contribution >= 0.6 is 0 Å². The average molecular weight is 370 g/mol. The lowest BCUT2D eigenvalue weighted by atomic mass is 9.87. The molecule has 0 saturated carbocycles. The molecule has 7 heteroatoms. The first-order valence-corrected chi connectivity index (χ1v) is 8.98. The molecular weight excluding hydrogens is 344 g/mol. The van der Waals surface area contributed by atoms with Gasteiger partial charge in [-0.25, -0.2) is 4.79 Å². The second kappa shape index (κ2) is 6.40. The van der Waals surface area contributed by atoms with Crippen molar-refractivity contribution in [2.45, 2.75) is 46.1 Å². The SMILES string of the molecule is CC(C)n1c(Oc2ccc(C(C)(C)C)cc2)nc2c1c(=O)n(C)c(=O)n2C. The van der Waals surface area contributed by atoms with Gasteiger partial charge < -0.3 is 4.74 Å². The fourth-order valence-electron chi connectivity index (χ4n) is 3.07. The van der Waals surface area contributed by atoms with E-state index < -0.39 is 5.69 Å². The minimum absolute atomic E-state index is 0.0497. The molecule has 0 aliphatic carbocycles. The van der Waals surface area contributed by atoms with E-state index in [9.17, 15) is 9.59 Å². The first-order chi connectivity index (χ1) is 12.5. The number of hydrogen-bond donors (Lipinski definition) is 0. The van der Waals surface area contributed by atoms with E-state index in [0.717, 1.165) is 4.57 Å². The molecule has 3 rings (SSSR count). The Bertz CT molecular complexity index is 1110. The fourth-order valence-corrected chi connectivity index (χ4v) is 3.07. The van der Waals surface area contributed by atoms with Crippen LogP contribution in [0.2, 0.25) is 0 Å². The van der Waals surface area contributed by atoms with E-state index in [2.05, 4.69) is 25.8 Å². The molecule has 0 aliphatic heterocycles. The quantitative estimate of drug-likeness (QED) is 0.710. The zero-order valence-corrected chi connectivity index (χ0v) is 16.9. The van der Waals surface area contributed by atoms with E-state index in [0.29, 0.717) is 22.9 Å². The average Bonchev–Trinajstić information content (AvgIpc) is 2.97. The summed E-state index contributed by atoms with van der Waals surface area (Å²) in [6.07, 6.45) is 0. The summed E-state index contributed by atoms with van der Waals surface area (Å²) in [6.45, 7) is 10.3. The monoisotopic (exact) mass is 370 g/mol. The molecule has 7 nitrogen and oxygen atoms in total. The second-order valence-corrected chi connectivity index (χ2v) is 8.11. The maximum atomic E-state index is 12.7. The number of rotatable bonds is 3. The van der Waals surface area contributed by atoms with Crippen LogP contribution in [0.4, 0.5) is 0 Å². The molecule has 0 saturated heterocycles. The smallest absolute Gasteiger partial charge is 0.332 e. The van der Waals surface area contributed by atoms with Crippen molar-refractivity contribution >= 4 is 11.2 Å². The highest BCUT2D eigenvalue weighted by Crippen LogP contribution is 2.29. The number of aryl methyl sites for hydroxylation is 1. The van der Waals surface area contributed by atoms with Crippen molar-refractivity contribution in [3.8, 4) is 11.8 Å². The fraction of sp³-hybridized carbons (Fsp3) is 0.450. The lowest BCUT2D eigenvalue weighted by molar-refractivity contribution is 0.400. The standard InChI is InChI=1S/C20H26N4O3/c1-12(2)24-15-16(22(6)19(26)23(7)17(15)25)21-18(24)27-14-10-8-13(9-11-14)20(3,4)5/h8-12H,1-7H3. The molecule has 0 spiro atoms. The predicted molar refractivity (Wildman–Crippen MR) is 106 cm³/mol. The van der Waals surface area contributed by atoms with E-state index in [4.69, 9.17) is 4.74 Å². The minimum Gasteiger partial charge on any atom is -0.425 e. The number of aromatic nitrogens is 4. The molecule has 0 radical (unpaired) electrons. The van der Waals surface area contributed by atoms with E-state index in [1.54, 1.807) is 11.6 Å². The van der Waals surface area contributed by atoms with Crippen LogP contribution in [-0.4, -0.2) is 18.7 Å². The van der Waals surface area contributed by atoms with Crippen LogP contribution in [0.25, 0.3) is 11.2 Å². The lowest BCUT2D eigenvalue weighted by Crippen LogP contribution is -2.37. The summed E-state index contributed by atoms with van der Waals surface area (Å²) >= 11 is 0. The molecule has 0 bridgehead atoms. The largest absolute Gasteiger partial charge is 0.425 e. The van der Waals surface area contributed by atoms with Gasteiger partial charge in [0.15, 0.2) is 11.2 Å². The third-order valence-corrected chi connectivity index (χ3v) is 4.70. The number of fused-ring (bicyclic) bond motifs is 1. The first kappa shape index (κ1) is 18.9. The van der Waals surface area contributed by atoms with Crippen LogP contribution < -0.4 is 16.0 Å². The van der Waals surface area contributed by atoms with Crippen LogP contribution in [0.15, 0.2) is 33.9 Å². The molecule has 0 atom stereocenters. The Morgan fingerprint density at radius 3 is 2.11 bits per heavy atom. The van der Waals surface area contributed by atoms with Crippen molar-refractivity contribution in [1.29, 1.82) is 0 Å². The molecule has 0 N–H and O–H groups in total. The molecule has 3 aromatic rings. The number of ether oxygens (including phenoxy) is 1. The summed E-state index contributed by atoms with van der Waals surface area (Å²) in [4.78, 5) is 29.4. The Morgan fingerprint density at radius 2 is 1.59 bits per heavy atom. The molecular formula is C20H26N4O3. The van der Waals surface area contributed by atoms with Gasteiger partial charge in [-0.2, -0.15) is 4.98 Å². The molecule has 0 aliphatic rings. The normalized spacial score (nSPS) is 12.1. The zero-order valence-electron chi connectivity index (χ0n) is 16.9. The van der Waals surface area contributed by atoms with Gasteiger partial charge in [-0.05, 0) is 37.0 Å². The van der Waals surface area contributed by atoms with Gasteiger partial charge in [0.1, 0.15) is 5.75 Å². The zero-order chi connectivity index (χ0) is 20.1. The summed E-state index contributed by atoms with van der Waals surface area (Å²) < 4.78 is 10.2. The van der Waals surface area contributed by atoms with Crippen molar-refractivity contribution in [1.82, 2.24) is 18.7 Å². The van der Waals surface area contributed by atoms with E-state index in [1.165, 1.54) is 17.2 Å². The van der Waals surface area contributed by atoms with E-state index in [1.807, 2.05) is 38.1 Å². The van der Waals surface area contributed by atoms with Gasteiger partial charge in [-0.3, -0.25) is 18.5 Å². The van der Waals surface area contributed by atoms with Crippen LogP contribution in [0.1, 0.15) is 46.2 Å². The van der Waals surface area contributed by atoms with Crippen LogP contribution in [0.5, 0.6) is 11.8 Å². The number of hydrogen-bond acceptors (Lipinski definition) is 4. The summed E-state index contributed by atoms with van der Waals surface area (Å²) in [5.74, 6) is 0.627. The first-order valence-electron chi connectivity index (χ1n) is 8.98. The molecule has 27 heavy (non-hydrogen) atoms. The number of benzene rings is 1. The minimum atomic E-state index is -0.415. The van der Waals surface area contributed by atoms with Gasteiger partial charge in [0, 0.05) is 20.1 Å². The van der Waals surface area contributed by atoms with Crippen molar-refractivity contribution in [2.24, 2.45) is 14.1 Å². The molecule has 144 valence electrons. The highest BCUT2D eigenvalue weighted by atomic mass is 16.5. The Kier molecular flexibility index (Phi) is 4.49. The molecule has 0 amide bonds. The third kappa shape index (κ3) is 3.18. The highest BCUT2D eigenvalue weighted by Gasteiger charge is 2.22. The molecule has 0 fully saturated rings. The van der Waals surface area contributed by atoms with Crippen LogP contribution in [-0.2, 0) is 19.5 Å². The molecule has 1 aromatic carbocycles. The molecule has 2 heterocycles. The van der Waals surface area contributed by atoms with Crippen molar-refractivity contribution in [3.05, 3.63) is 50.7 Å². The maximum absolute atomic E-state index is 12.7. The highest BCUT2D eigenvalue weighted by molar-refractivity contribution is 5.72. The number of imidazole rings is 1. The number of nitrogens with zero attached hydrogens (tertiary/aromatic N) is 4. The Balaban J connectivity index is 2.16. The Hall–Kier alpha value is -2.83. The summed E-state index contributed by atoms with van der Waals surface area (Å²) in [5, 5.41) is 0. The Morgan fingerprint density at radius 1 is 1.00 bits per heavy atom. The molecule has 0 unspecified atom stereocenters. The summed E-state index contributed by atoms with van der Waals surface area (Å²) in [5.41, 5.74) is 1.13. The topological polar surface area (TPSA) is 71.1 Å². The van der Waals surface area contributed by atoms with E-state index in [-0.39, 0.29) is 17.0 Å². The summed E-state index contributed by atoms with van der Waals surface area (Å²) in [7, 11) is 3.07. The van der Waals surface area contributed by atoms with E-state index >= 15 is 0 Å². The van der Waals surface area contributed by atoms with Crippen LogP contribution in [0.3, 0.4) is 0 Å². The summed E-state index contributed by atoms with van der Waals surface area (Å²) in [6, 6.07) is 8.05. The van der Waals surface area contributed by atoms with Gasteiger partial charge in [-0.15, -0.1) is 0 Å². The van der Waals surface area contributed by atoms with Crippen LogP contribution in [0, 0.1) is 0 Å². The van der Waals surface area contributed by atoms with Crippen molar-refractivity contribution in [2.75, 3.05) is 0 Å². The van der Waals surface area contributed by atoms with Gasteiger partial charge in [0.25, 0.3) is 5.56 Å². The van der Waals surface area contributed by atoms with Gasteiger partial charge in [0.2, 0.25) is 0 Å². The van der Waals surface area contributed by atoms with Gasteiger partial charge >= 0.3 is 11.7 Å². The predicted octanol–water partition coefficient (Wildman–Crippen LogP) is 3.10. The molecule has 2 aromatic heterocycles. The maximum Gasteiger partial charge on any atom is 0.332 e. The lowest BCUT2D eigenvalue weighted by Gasteiger charge is -2.19. The Labute approximate surface area is 157 Å². The van der Waals surface area contributed by atoms with Gasteiger partial charge in [-0.1, -0.05) is 32.9 Å². The van der Waals surface area contributed by atoms with Crippen molar-refractivity contribution < 1.29 is 4.74 Å². The second-order valence-electron chi connectivity index (χ2n) is 8.11. The third-order valence-electron chi connectivity index (χ3n) is 4.70.